The van der Waals surface area contributed by atoms with Gasteiger partial charge < -0.3 is 15.4 Å². The Morgan fingerprint density at radius 2 is 2.32 bits per heavy atom. The number of nitrogens with two attached hydrogens (primary N) is 1. The summed E-state index contributed by atoms with van der Waals surface area (Å²) in [6, 6.07) is 6.25. The molecule has 1 aromatic rings. The van der Waals surface area contributed by atoms with Crippen LogP contribution in [0.1, 0.15) is 18.4 Å². The second kappa shape index (κ2) is 6.12. The van der Waals surface area contributed by atoms with Gasteiger partial charge in [-0.05, 0) is 30.5 Å². The number of carbonyl (C=O) groups is 1. The van der Waals surface area contributed by atoms with Crippen molar-refractivity contribution in [2.75, 3.05) is 13.6 Å². The van der Waals surface area contributed by atoms with Gasteiger partial charge in [0, 0.05) is 20.1 Å². The van der Waals surface area contributed by atoms with E-state index in [9.17, 15) is 9.18 Å². The van der Waals surface area contributed by atoms with Crippen LogP contribution >= 0.6 is 0 Å². The molecule has 19 heavy (non-hydrogen) atoms. The number of benzene rings is 1. The molecule has 2 atom stereocenters. The van der Waals surface area contributed by atoms with Crippen LogP contribution in [-0.4, -0.2) is 36.6 Å². The SMILES string of the molecule is CN(Cc1cccc(F)c1)C(=O)[C@@H]1CC[C@H](CN)O1. The lowest BCUT2D eigenvalue weighted by molar-refractivity contribution is -0.141. The molecule has 1 aromatic carbocycles. The van der Waals surface area contributed by atoms with Crippen molar-refractivity contribution < 1.29 is 13.9 Å². The molecule has 0 unspecified atom stereocenters. The van der Waals surface area contributed by atoms with Gasteiger partial charge in [0.25, 0.3) is 5.91 Å². The number of nitrogens with zero attached hydrogens (tertiary/aromatic N) is 1. The van der Waals surface area contributed by atoms with Gasteiger partial charge in [-0.25, -0.2) is 4.39 Å². The molecular formula is C14H19FN2O2. The Morgan fingerprint density at radius 1 is 1.53 bits per heavy atom. The second-order valence-electron chi connectivity index (χ2n) is 4.88. The number of rotatable bonds is 4. The predicted molar refractivity (Wildman–Crippen MR) is 69.8 cm³/mol. The summed E-state index contributed by atoms with van der Waals surface area (Å²) in [5, 5.41) is 0. The smallest absolute Gasteiger partial charge is 0.251 e. The molecular weight excluding hydrogens is 247 g/mol. The molecule has 5 heteroatoms. The van der Waals surface area contributed by atoms with Crippen molar-refractivity contribution in [1.82, 2.24) is 4.90 Å². The molecule has 1 heterocycles. The Morgan fingerprint density at radius 3 is 2.95 bits per heavy atom. The summed E-state index contributed by atoms with van der Waals surface area (Å²) in [4.78, 5) is 13.7. The molecule has 1 amide bonds. The minimum atomic E-state index is -0.410. The van der Waals surface area contributed by atoms with E-state index < -0.39 is 6.10 Å². The fourth-order valence-corrected chi connectivity index (χ4v) is 2.29. The molecule has 1 fully saturated rings. The largest absolute Gasteiger partial charge is 0.364 e. The zero-order valence-corrected chi connectivity index (χ0v) is 11.0. The number of ether oxygens (including phenoxy) is 1. The topological polar surface area (TPSA) is 55.6 Å². The molecule has 2 rings (SSSR count). The van der Waals surface area contributed by atoms with Gasteiger partial charge in [-0.3, -0.25) is 4.79 Å². The third-order valence-electron chi connectivity index (χ3n) is 3.33. The maximum Gasteiger partial charge on any atom is 0.251 e. The first-order chi connectivity index (χ1) is 9.10. The first kappa shape index (κ1) is 14.0. The summed E-state index contributed by atoms with van der Waals surface area (Å²) in [5.41, 5.74) is 6.29. The molecule has 4 nitrogen and oxygen atoms in total. The van der Waals surface area contributed by atoms with E-state index in [4.69, 9.17) is 10.5 Å². The van der Waals surface area contributed by atoms with Gasteiger partial charge in [-0.15, -0.1) is 0 Å². The molecule has 0 radical (unpaired) electrons. The summed E-state index contributed by atoms with van der Waals surface area (Å²) in [6.07, 6.45) is 1.10. The van der Waals surface area contributed by atoms with Crippen LogP contribution in [0.3, 0.4) is 0 Å². The second-order valence-corrected chi connectivity index (χ2v) is 4.88. The highest BCUT2D eigenvalue weighted by Crippen LogP contribution is 2.21. The normalized spacial score (nSPS) is 22.5. The fraction of sp³-hybridized carbons (Fsp3) is 0.500. The highest BCUT2D eigenvalue weighted by atomic mass is 19.1. The quantitative estimate of drug-likeness (QED) is 0.893. The lowest BCUT2D eigenvalue weighted by Crippen LogP contribution is -2.36. The van der Waals surface area contributed by atoms with E-state index >= 15 is 0 Å². The number of amides is 1. The maximum absolute atomic E-state index is 13.1. The number of carbonyl (C=O) groups excluding carboxylic acids is 1. The first-order valence-electron chi connectivity index (χ1n) is 6.45. The van der Waals surface area contributed by atoms with E-state index in [1.165, 1.54) is 12.1 Å². The van der Waals surface area contributed by atoms with Gasteiger partial charge in [0.05, 0.1) is 6.10 Å². The number of likely N-dealkylation sites (N-methyl/N-ethyl adjacent to an activating group) is 1. The van der Waals surface area contributed by atoms with Crippen LogP contribution in [0.5, 0.6) is 0 Å². The van der Waals surface area contributed by atoms with Crippen LogP contribution in [0.25, 0.3) is 0 Å². The third-order valence-corrected chi connectivity index (χ3v) is 3.33. The number of hydrogen-bond donors (Lipinski definition) is 1. The molecule has 2 N–H and O–H groups in total. The molecule has 1 aliphatic heterocycles. The van der Waals surface area contributed by atoms with Gasteiger partial charge in [-0.1, -0.05) is 12.1 Å². The van der Waals surface area contributed by atoms with E-state index in [-0.39, 0.29) is 17.8 Å². The van der Waals surface area contributed by atoms with Crippen LogP contribution in [-0.2, 0) is 16.1 Å². The molecule has 1 saturated heterocycles. The highest BCUT2D eigenvalue weighted by Gasteiger charge is 2.31. The summed E-state index contributed by atoms with van der Waals surface area (Å²) in [7, 11) is 1.70. The molecule has 104 valence electrons. The van der Waals surface area contributed by atoms with Crippen LogP contribution in [0.15, 0.2) is 24.3 Å². The Labute approximate surface area is 112 Å². The van der Waals surface area contributed by atoms with Crippen LogP contribution in [0, 0.1) is 5.82 Å². The Hall–Kier alpha value is -1.46. The lowest BCUT2D eigenvalue weighted by Gasteiger charge is -2.21. The maximum atomic E-state index is 13.1. The minimum absolute atomic E-state index is 0.0171. The van der Waals surface area contributed by atoms with E-state index in [1.54, 1.807) is 24.1 Å². The minimum Gasteiger partial charge on any atom is -0.364 e. The van der Waals surface area contributed by atoms with Crippen molar-refractivity contribution in [3.8, 4) is 0 Å². The van der Waals surface area contributed by atoms with Gasteiger partial charge in [0.1, 0.15) is 11.9 Å². The average molecular weight is 266 g/mol. The van der Waals surface area contributed by atoms with Crippen molar-refractivity contribution in [3.05, 3.63) is 35.6 Å². The van der Waals surface area contributed by atoms with Gasteiger partial charge >= 0.3 is 0 Å². The number of hydrogen-bond acceptors (Lipinski definition) is 3. The summed E-state index contributed by atoms with van der Waals surface area (Å²) in [6.45, 7) is 0.821. The van der Waals surface area contributed by atoms with Crippen molar-refractivity contribution in [2.24, 2.45) is 5.73 Å². The molecule has 0 aromatic heterocycles. The van der Waals surface area contributed by atoms with E-state index in [0.29, 0.717) is 19.5 Å². The zero-order valence-electron chi connectivity index (χ0n) is 11.0. The molecule has 0 saturated carbocycles. The van der Waals surface area contributed by atoms with Gasteiger partial charge in [0.2, 0.25) is 0 Å². The molecule has 1 aliphatic rings. The van der Waals surface area contributed by atoms with Crippen LogP contribution in [0.4, 0.5) is 4.39 Å². The molecule has 0 bridgehead atoms. The molecule has 0 aliphatic carbocycles. The first-order valence-corrected chi connectivity index (χ1v) is 6.45. The number of halogens is 1. The van der Waals surface area contributed by atoms with Crippen molar-refractivity contribution in [1.29, 1.82) is 0 Å². The van der Waals surface area contributed by atoms with Gasteiger partial charge in [0.15, 0.2) is 0 Å². The summed E-state index contributed by atoms with van der Waals surface area (Å²) >= 11 is 0. The Kier molecular flexibility index (Phi) is 4.50. The van der Waals surface area contributed by atoms with Crippen molar-refractivity contribution >= 4 is 5.91 Å². The monoisotopic (exact) mass is 266 g/mol. The highest BCUT2D eigenvalue weighted by molar-refractivity contribution is 5.80. The van der Waals surface area contributed by atoms with Crippen LogP contribution in [0.2, 0.25) is 0 Å². The van der Waals surface area contributed by atoms with E-state index in [2.05, 4.69) is 0 Å². The van der Waals surface area contributed by atoms with E-state index in [0.717, 1.165) is 12.0 Å². The summed E-state index contributed by atoms with van der Waals surface area (Å²) < 4.78 is 18.6. The molecule has 0 spiro atoms. The van der Waals surface area contributed by atoms with Crippen molar-refractivity contribution in [3.63, 3.8) is 0 Å². The lowest BCUT2D eigenvalue weighted by atomic mass is 10.1. The third kappa shape index (κ3) is 3.52. The standard InChI is InChI=1S/C14H19FN2O2/c1-17(9-10-3-2-4-11(15)7-10)14(18)13-6-5-12(8-16)19-13/h2-4,7,12-13H,5-6,8-9,16H2,1H3/t12-,13+/m1/s1. The van der Waals surface area contributed by atoms with Crippen molar-refractivity contribution in [2.45, 2.75) is 31.6 Å². The van der Waals surface area contributed by atoms with Crippen LogP contribution < -0.4 is 5.73 Å². The fourth-order valence-electron chi connectivity index (χ4n) is 2.29. The van der Waals surface area contributed by atoms with E-state index in [1.807, 2.05) is 0 Å². The average Bonchev–Trinajstić information content (AvgIpc) is 2.86. The summed E-state index contributed by atoms with van der Waals surface area (Å²) in [5.74, 6) is -0.362. The predicted octanol–water partition coefficient (Wildman–Crippen LogP) is 1.29. The van der Waals surface area contributed by atoms with Gasteiger partial charge in [-0.2, -0.15) is 0 Å². The zero-order chi connectivity index (χ0) is 13.8. The Balaban J connectivity index is 1.93. The Bertz CT molecular complexity index is 453.